The summed E-state index contributed by atoms with van der Waals surface area (Å²) in [5.74, 6) is 0. The first-order chi connectivity index (χ1) is 9.62. The van der Waals surface area contributed by atoms with Crippen LogP contribution in [0, 0.1) is 0 Å². The molecule has 1 aliphatic rings. The number of hydrogen-bond donors (Lipinski definition) is 7. The second-order valence-corrected chi connectivity index (χ2v) is 4.03. The molecule has 0 aromatic heterocycles. The molecule has 9 heteroatoms. The highest BCUT2D eigenvalue weighted by atomic mass is 35.5. The van der Waals surface area contributed by atoms with Crippen molar-refractivity contribution in [2.75, 3.05) is 49.8 Å². The Morgan fingerprint density at radius 1 is 0.909 bits per heavy atom. The van der Waals surface area contributed by atoms with E-state index in [9.17, 15) is 0 Å². The van der Waals surface area contributed by atoms with Crippen molar-refractivity contribution < 1.29 is 20.4 Å². The first-order valence-electron chi connectivity index (χ1n) is 6.46. The van der Waals surface area contributed by atoms with E-state index in [1.54, 1.807) is 0 Å². The lowest BCUT2D eigenvalue weighted by Crippen LogP contribution is -2.14. The molecule has 22 heavy (non-hydrogen) atoms. The molecule has 0 saturated carbocycles. The van der Waals surface area contributed by atoms with Crippen molar-refractivity contribution >= 4 is 41.9 Å². The van der Waals surface area contributed by atoms with Gasteiger partial charge in [-0.1, -0.05) is 6.07 Å². The van der Waals surface area contributed by atoms with Gasteiger partial charge in [0.1, 0.15) is 0 Å². The highest BCUT2D eigenvalue weighted by Crippen LogP contribution is 2.32. The van der Waals surface area contributed by atoms with Crippen LogP contribution in [-0.2, 0) is 6.42 Å². The van der Waals surface area contributed by atoms with E-state index in [0.29, 0.717) is 11.4 Å². The Bertz CT molecular complexity index is 377. The first kappa shape index (κ1) is 26.0. The average Bonchev–Trinajstić information content (AvgIpc) is 2.51. The second kappa shape index (κ2) is 16.4. The number of aliphatic hydroxyl groups excluding tert-OH is 4. The molecule has 1 heterocycles. The topological polar surface area (TPSA) is 145 Å². The Morgan fingerprint density at radius 2 is 1.41 bits per heavy atom. The fourth-order valence-electron chi connectivity index (χ4n) is 1.59. The Labute approximate surface area is 143 Å². The van der Waals surface area contributed by atoms with Gasteiger partial charge in [0.15, 0.2) is 0 Å². The molecular weight excluding hydrogens is 333 g/mol. The average molecular weight is 360 g/mol. The van der Waals surface area contributed by atoms with Gasteiger partial charge in [-0.3, -0.25) is 0 Å². The number of halogens is 2. The molecule has 0 unspecified atom stereocenters. The standard InChI is InChI=1S/C9H13N3.2C2H6O2.2ClH/c10-7-4-3-6-2-1-5-12-9(6)8(7)11;2*3-1-2-4;;/h3-4,12H,1-2,5,10-11H2;2*3-4H,1-2H2;2*1H. The first-order valence-corrected chi connectivity index (χ1v) is 6.46. The second-order valence-electron chi connectivity index (χ2n) is 4.03. The third-order valence-electron chi connectivity index (χ3n) is 2.49. The van der Waals surface area contributed by atoms with Crippen molar-refractivity contribution in [2.24, 2.45) is 0 Å². The number of rotatable bonds is 2. The van der Waals surface area contributed by atoms with E-state index in [2.05, 4.69) is 5.32 Å². The lowest BCUT2D eigenvalue weighted by atomic mass is 10.0. The smallest absolute Gasteiger partial charge is 0.0786 e. The minimum atomic E-state index is -0.125. The van der Waals surface area contributed by atoms with Crippen LogP contribution in [0.5, 0.6) is 0 Å². The number of nitrogens with one attached hydrogen (secondary N) is 1. The van der Waals surface area contributed by atoms with Gasteiger partial charge in [-0.15, -0.1) is 24.8 Å². The van der Waals surface area contributed by atoms with Crippen molar-refractivity contribution in [3.05, 3.63) is 17.7 Å². The summed E-state index contributed by atoms with van der Waals surface area (Å²) in [5.41, 5.74) is 15.2. The summed E-state index contributed by atoms with van der Waals surface area (Å²) in [6.07, 6.45) is 2.28. The number of hydrogen-bond acceptors (Lipinski definition) is 7. The molecule has 0 spiro atoms. The fourth-order valence-corrected chi connectivity index (χ4v) is 1.59. The molecule has 2 rings (SSSR count). The molecule has 7 nitrogen and oxygen atoms in total. The summed E-state index contributed by atoms with van der Waals surface area (Å²) in [4.78, 5) is 0. The van der Waals surface area contributed by atoms with Crippen LogP contribution in [-0.4, -0.2) is 53.4 Å². The fraction of sp³-hybridized carbons (Fsp3) is 0.538. The normalized spacial score (nSPS) is 10.9. The van der Waals surface area contributed by atoms with E-state index in [1.165, 1.54) is 12.0 Å². The van der Waals surface area contributed by atoms with Gasteiger partial charge in [0.25, 0.3) is 0 Å². The van der Waals surface area contributed by atoms with Crippen molar-refractivity contribution in [3.63, 3.8) is 0 Å². The van der Waals surface area contributed by atoms with Crippen LogP contribution in [0.3, 0.4) is 0 Å². The van der Waals surface area contributed by atoms with Gasteiger partial charge < -0.3 is 37.2 Å². The zero-order valence-corrected chi connectivity index (χ0v) is 14.0. The number of nitrogens with two attached hydrogens (primary N) is 2. The highest BCUT2D eigenvalue weighted by molar-refractivity contribution is 5.85. The predicted octanol–water partition coefficient (Wildman–Crippen LogP) is -0.00530. The van der Waals surface area contributed by atoms with Crippen LogP contribution in [0.1, 0.15) is 12.0 Å². The highest BCUT2D eigenvalue weighted by Gasteiger charge is 2.12. The lowest BCUT2D eigenvalue weighted by Gasteiger charge is -2.20. The SMILES string of the molecule is Cl.Cl.Nc1ccc2c(c1N)NCCC2.OCCO.OCCO. The number of nitrogen functional groups attached to an aromatic ring is 2. The quantitative estimate of drug-likeness (QED) is 0.368. The lowest BCUT2D eigenvalue weighted by molar-refractivity contribution is 0.186. The van der Waals surface area contributed by atoms with Crippen LogP contribution in [0.4, 0.5) is 17.1 Å². The van der Waals surface area contributed by atoms with E-state index < -0.39 is 0 Å². The monoisotopic (exact) mass is 359 g/mol. The maximum Gasteiger partial charge on any atom is 0.0786 e. The number of aliphatic hydroxyl groups is 4. The molecule has 1 aliphatic heterocycles. The van der Waals surface area contributed by atoms with Gasteiger partial charge in [-0.05, 0) is 24.5 Å². The largest absolute Gasteiger partial charge is 0.397 e. The van der Waals surface area contributed by atoms with E-state index in [-0.39, 0.29) is 51.2 Å². The molecule has 1 aromatic carbocycles. The van der Waals surface area contributed by atoms with Crippen molar-refractivity contribution in [1.29, 1.82) is 0 Å². The van der Waals surface area contributed by atoms with E-state index in [1.807, 2.05) is 12.1 Å². The summed E-state index contributed by atoms with van der Waals surface area (Å²) in [5, 5.41) is 33.8. The van der Waals surface area contributed by atoms with Gasteiger partial charge in [0.2, 0.25) is 0 Å². The Hall–Kier alpha value is -0.960. The van der Waals surface area contributed by atoms with E-state index >= 15 is 0 Å². The Kier molecular flexibility index (Phi) is 19.4. The number of anilines is 3. The van der Waals surface area contributed by atoms with Gasteiger partial charge in [-0.2, -0.15) is 0 Å². The van der Waals surface area contributed by atoms with Crippen molar-refractivity contribution in [3.8, 4) is 0 Å². The van der Waals surface area contributed by atoms with Crippen LogP contribution in [0.2, 0.25) is 0 Å². The molecule has 0 aliphatic carbocycles. The van der Waals surface area contributed by atoms with Crippen LogP contribution in [0.15, 0.2) is 12.1 Å². The summed E-state index contributed by atoms with van der Waals surface area (Å²) in [6.45, 7) is 0.501. The van der Waals surface area contributed by atoms with E-state index in [0.717, 1.165) is 18.7 Å². The van der Waals surface area contributed by atoms with Crippen LogP contribution < -0.4 is 16.8 Å². The molecule has 0 radical (unpaired) electrons. The molecule has 0 bridgehead atoms. The van der Waals surface area contributed by atoms with Gasteiger partial charge in [0, 0.05) is 6.54 Å². The zero-order chi connectivity index (χ0) is 15.4. The summed E-state index contributed by atoms with van der Waals surface area (Å²) >= 11 is 0. The maximum absolute atomic E-state index is 7.62. The van der Waals surface area contributed by atoms with Gasteiger partial charge in [-0.25, -0.2) is 0 Å². The van der Waals surface area contributed by atoms with Crippen molar-refractivity contribution in [1.82, 2.24) is 0 Å². The number of fused-ring (bicyclic) bond motifs is 1. The summed E-state index contributed by atoms with van der Waals surface area (Å²) in [7, 11) is 0. The number of benzene rings is 1. The Morgan fingerprint density at radius 3 is 1.86 bits per heavy atom. The van der Waals surface area contributed by atoms with Crippen molar-refractivity contribution in [2.45, 2.75) is 12.8 Å². The minimum Gasteiger partial charge on any atom is -0.397 e. The Balaban J connectivity index is -0.000000310. The molecule has 132 valence electrons. The molecule has 0 fully saturated rings. The van der Waals surface area contributed by atoms with Gasteiger partial charge >= 0.3 is 0 Å². The third-order valence-corrected chi connectivity index (χ3v) is 2.49. The molecular formula is C13H27Cl2N3O4. The molecule has 0 atom stereocenters. The van der Waals surface area contributed by atoms with Crippen LogP contribution >= 0.6 is 24.8 Å². The zero-order valence-electron chi connectivity index (χ0n) is 12.4. The summed E-state index contributed by atoms with van der Waals surface area (Å²) in [6, 6.07) is 3.92. The molecule has 1 aromatic rings. The van der Waals surface area contributed by atoms with Gasteiger partial charge in [0.05, 0.1) is 43.5 Å². The molecule has 0 saturated heterocycles. The predicted molar refractivity (Wildman–Crippen MR) is 94.9 cm³/mol. The molecule has 0 amide bonds. The summed E-state index contributed by atoms with van der Waals surface area (Å²) < 4.78 is 0. The van der Waals surface area contributed by atoms with Crippen LogP contribution in [0.25, 0.3) is 0 Å². The van der Waals surface area contributed by atoms with E-state index in [4.69, 9.17) is 31.9 Å². The maximum atomic E-state index is 7.62. The molecule has 9 N–H and O–H groups in total. The minimum absolute atomic E-state index is 0. The third kappa shape index (κ3) is 9.88. The number of aryl methyl sites for hydroxylation is 1.